The molecule has 0 amide bonds. The predicted molar refractivity (Wildman–Crippen MR) is 63.2 cm³/mol. The molecule has 0 aliphatic heterocycles. The van der Waals surface area contributed by atoms with Gasteiger partial charge in [0.1, 0.15) is 0 Å². The summed E-state index contributed by atoms with van der Waals surface area (Å²) in [5.74, 6) is 0. The van der Waals surface area contributed by atoms with Gasteiger partial charge < -0.3 is 10.2 Å². The van der Waals surface area contributed by atoms with Crippen molar-refractivity contribution in [3.63, 3.8) is 0 Å². The lowest BCUT2D eigenvalue weighted by atomic mass is 10.2. The minimum atomic E-state index is 0.795. The SMILES string of the molecule is Cc1cccc(Cl)c1NCCN(C)C. The van der Waals surface area contributed by atoms with Gasteiger partial charge in [-0.05, 0) is 32.6 Å². The largest absolute Gasteiger partial charge is 0.382 e. The first kappa shape index (κ1) is 11.3. The third-order valence-electron chi connectivity index (χ3n) is 2.08. The number of hydrogen-bond acceptors (Lipinski definition) is 2. The molecule has 0 atom stereocenters. The number of nitrogens with one attached hydrogen (secondary N) is 1. The Balaban J connectivity index is 2.58. The highest BCUT2D eigenvalue weighted by Crippen LogP contribution is 2.24. The molecule has 3 heteroatoms. The summed E-state index contributed by atoms with van der Waals surface area (Å²) in [6.45, 7) is 3.98. The lowest BCUT2D eigenvalue weighted by Crippen LogP contribution is -2.21. The van der Waals surface area contributed by atoms with Crippen LogP contribution < -0.4 is 5.32 Å². The van der Waals surface area contributed by atoms with Crippen molar-refractivity contribution in [3.8, 4) is 0 Å². The third-order valence-corrected chi connectivity index (χ3v) is 2.40. The highest BCUT2D eigenvalue weighted by atomic mass is 35.5. The lowest BCUT2D eigenvalue weighted by Gasteiger charge is -2.14. The lowest BCUT2D eigenvalue weighted by molar-refractivity contribution is 0.425. The molecule has 1 aromatic carbocycles. The molecule has 14 heavy (non-hydrogen) atoms. The van der Waals surface area contributed by atoms with E-state index in [-0.39, 0.29) is 0 Å². The van der Waals surface area contributed by atoms with E-state index < -0.39 is 0 Å². The van der Waals surface area contributed by atoms with Gasteiger partial charge in [-0.3, -0.25) is 0 Å². The number of halogens is 1. The summed E-state index contributed by atoms with van der Waals surface area (Å²) in [6, 6.07) is 5.94. The van der Waals surface area contributed by atoms with Gasteiger partial charge >= 0.3 is 0 Å². The van der Waals surface area contributed by atoms with E-state index in [1.165, 1.54) is 5.56 Å². The predicted octanol–water partition coefficient (Wildman–Crippen LogP) is 2.62. The van der Waals surface area contributed by atoms with Crippen molar-refractivity contribution in [2.75, 3.05) is 32.5 Å². The molecule has 1 aromatic rings. The minimum absolute atomic E-state index is 0.795. The van der Waals surface area contributed by atoms with Crippen LogP contribution in [0.25, 0.3) is 0 Å². The maximum absolute atomic E-state index is 6.07. The average molecular weight is 213 g/mol. The Labute approximate surface area is 90.9 Å². The number of aryl methyl sites for hydroxylation is 1. The standard InChI is InChI=1S/C11H17ClN2/c1-9-5-4-6-10(12)11(9)13-7-8-14(2)3/h4-6,13H,7-8H2,1-3H3. The Hall–Kier alpha value is -0.730. The van der Waals surface area contributed by atoms with Gasteiger partial charge in [-0.15, -0.1) is 0 Å². The zero-order chi connectivity index (χ0) is 10.6. The fourth-order valence-electron chi connectivity index (χ4n) is 1.26. The number of benzene rings is 1. The monoisotopic (exact) mass is 212 g/mol. The normalized spacial score (nSPS) is 10.6. The summed E-state index contributed by atoms with van der Waals surface area (Å²) in [6.07, 6.45) is 0. The Kier molecular flexibility index (Phi) is 4.23. The molecule has 0 aliphatic carbocycles. The Morgan fingerprint density at radius 1 is 1.36 bits per heavy atom. The van der Waals surface area contributed by atoms with Gasteiger partial charge in [0.2, 0.25) is 0 Å². The van der Waals surface area contributed by atoms with Crippen molar-refractivity contribution in [3.05, 3.63) is 28.8 Å². The smallest absolute Gasteiger partial charge is 0.0640 e. The molecule has 0 heterocycles. The molecule has 0 unspecified atom stereocenters. The molecule has 0 bridgehead atoms. The van der Waals surface area contributed by atoms with Gasteiger partial charge in [0.15, 0.2) is 0 Å². The second-order valence-corrected chi connectivity index (χ2v) is 4.07. The molecule has 0 spiro atoms. The molecular weight excluding hydrogens is 196 g/mol. The van der Waals surface area contributed by atoms with E-state index in [2.05, 4.69) is 37.3 Å². The maximum atomic E-state index is 6.07. The molecule has 0 saturated heterocycles. The topological polar surface area (TPSA) is 15.3 Å². The first-order valence-electron chi connectivity index (χ1n) is 4.75. The molecule has 0 saturated carbocycles. The molecule has 0 fully saturated rings. The van der Waals surface area contributed by atoms with Gasteiger partial charge in [0.05, 0.1) is 10.7 Å². The first-order valence-corrected chi connectivity index (χ1v) is 5.13. The Morgan fingerprint density at radius 2 is 2.07 bits per heavy atom. The highest BCUT2D eigenvalue weighted by molar-refractivity contribution is 6.33. The van der Waals surface area contributed by atoms with Crippen LogP contribution in [0.15, 0.2) is 18.2 Å². The van der Waals surface area contributed by atoms with Crippen LogP contribution >= 0.6 is 11.6 Å². The van der Waals surface area contributed by atoms with E-state index >= 15 is 0 Å². The maximum Gasteiger partial charge on any atom is 0.0640 e. The second kappa shape index (κ2) is 5.23. The van der Waals surface area contributed by atoms with Gasteiger partial charge in [0.25, 0.3) is 0 Å². The zero-order valence-corrected chi connectivity index (χ0v) is 9.73. The minimum Gasteiger partial charge on any atom is -0.382 e. The molecular formula is C11H17ClN2. The van der Waals surface area contributed by atoms with E-state index in [4.69, 9.17) is 11.6 Å². The van der Waals surface area contributed by atoms with Crippen molar-refractivity contribution >= 4 is 17.3 Å². The molecule has 2 nitrogen and oxygen atoms in total. The molecule has 78 valence electrons. The summed E-state index contributed by atoms with van der Waals surface area (Å²) in [5.41, 5.74) is 2.24. The van der Waals surface area contributed by atoms with E-state index in [0.717, 1.165) is 23.8 Å². The number of anilines is 1. The van der Waals surface area contributed by atoms with E-state index in [0.29, 0.717) is 0 Å². The van der Waals surface area contributed by atoms with Crippen molar-refractivity contribution in [2.24, 2.45) is 0 Å². The van der Waals surface area contributed by atoms with Crippen molar-refractivity contribution < 1.29 is 0 Å². The second-order valence-electron chi connectivity index (χ2n) is 3.66. The number of para-hydroxylation sites is 1. The van der Waals surface area contributed by atoms with Gasteiger partial charge in [-0.1, -0.05) is 23.7 Å². The average Bonchev–Trinajstić information content (AvgIpc) is 2.09. The van der Waals surface area contributed by atoms with E-state index in [1.54, 1.807) is 0 Å². The van der Waals surface area contributed by atoms with Crippen LogP contribution in [0.2, 0.25) is 5.02 Å². The van der Waals surface area contributed by atoms with Crippen LogP contribution in [-0.4, -0.2) is 32.1 Å². The Morgan fingerprint density at radius 3 is 2.64 bits per heavy atom. The molecule has 0 aliphatic rings. The highest BCUT2D eigenvalue weighted by Gasteiger charge is 2.01. The first-order chi connectivity index (χ1) is 6.61. The van der Waals surface area contributed by atoms with Crippen LogP contribution in [0, 0.1) is 6.92 Å². The number of rotatable bonds is 4. The molecule has 0 aromatic heterocycles. The van der Waals surface area contributed by atoms with Crippen LogP contribution in [0.3, 0.4) is 0 Å². The van der Waals surface area contributed by atoms with Gasteiger partial charge in [-0.2, -0.15) is 0 Å². The third kappa shape index (κ3) is 3.20. The van der Waals surface area contributed by atoms with Crippen molar-refractivity contribution in [2.45, 2.75) is 6.92 Å². The summed E-state index contributed by atoms with van der Waals surface area (Å²) in [4.78, 5) is 2.14. The van der Waals surface area contributed by atoms with Crippen LogP contribution in [-0.2, 0) is 0 Å². The number of likely N-dealkylation sites (N-methyl/N-ethyl adjacent to an activating group) is 1. The van der Waals surface area contributed by atoms with E-state index in [1.807, 2.05) is 12.1 Å². The fraction of sp³-hybridized carbons (Fsp3) is 0.455. The fourth-order valence-corrected chi connectivity index (χ4v) is 1.55. The van der Waals surface area contributed by atoms with E-state index in [9.17, 15) is 0 Å². The van der Waals surface area contributed by atoms with Crippen molar-refractivity contribution in [1.82, 2.24) is 4.90 Å². The van der Waals surface area contributed by atoms with Crippen LogP contribution in [0.1, 0.15) is 5.56 Å². The van der Waals surface area contributed by atoms with Crippen LogP contribution in [0.5, 0.6) is 0 Å². The number of hydrogen-bond donors (Lipinski definition) is 1. The molecule has 1 rings (SSSR count). The summed E-state index contributed by atoms with van der Waals surface area (Å²) < 4.78 is 0. The molecule has 1 N–H and O–H groups in total. The van der Waals surface area contributed by atoms with Crippen molar-refractivity contribution in [1.29, 1.82) is 0 Å². The Bertz CT molecular complexity index is 277. The zero-order valence-electron chi connectivity index (χ0n) is 8.97. The van der Waals surface area contributed by atoms with Gasteiger partial charge in [-0.25, -0.2) is 0 Å². The molecule has 0 radical (unpaired) electrons. The quantitative estimate of drug-likeness (QED) is 0.826. The summed E-state index contributed by atoms with van der Waals surface area (Å²) in [7, 11) is 4.11. The summed E-state index contributed by atoms with van der Waals surface area (Å²) in [5, 5.41) is 4.13. The summed E-state index contributed by atoms with van der Waals surface area (Å²) >= 11 is 6.07. The number of nitrogens with zero attached hydrogens (tertiary/aromatic N) is 1. The van der Waals surface area contributed by atoms with Crippen LogP contribution in [0.4, 0.5) is 5.69 Å². The van der Waals surface area contributed by atoms with Gasteiger partial charge in [0, 0.05) is 13.1 Å².